The van der Waals surface area contributed by atoms with Gasteiger partial charge in [0.1, 0.15) is 5.92 Å². The second-order valence-corrected chi connectivity index (χ2v) is 7.37. The Kier molecular flexibility index (Phi) is 3.62. The van der Waals surface area contributed by atoms with Crippen LogP contribution < -0.4 is 0 Å². The third-order valence-corrected chi connectivity index (χ3v) is 6.21. The van der Waals surface area contributed by atoms with E-state index in [2.05, 4.69) is 0 Å². The van der Waals surface area contributed by atoms with Gasteiger partial charge in [-0.2, -0.15) is 0 Å². The summed E-state index contributed by atoms with van der Waals surface area (Å²) in [5.41, 5.74) is 0.623. The van der Waals surface area contributed by atoms with Crippen molar-refractivity contribution in [3.8, 4) is 11.1 Å². The van der Waals surface area contributed by atoms with Crippen molar-refractivity contribution >= 4 is 29.5 Å². The molecule has 0 aliphatic heterocycles. The molecule has 27 heavy (non-hydrogen) atoms. The molecule has 7 heteroatoms. The largest absolute Gasteiger partial charge is 0.481 e. The van der Waals surface area contributed by atoms with Crippen LogP contribution >= 0.6 is 11.6 Å². The van der Waals surface area contributed by atoms with Crippen LogP contribution in [0.3, 0.4) is 0 Å². The SMILES string of the molecule is CC(=O)O[C@]12c3ccccc3-c3ccccc3[C@@H]1[C@H](C(=O)O)[C@]2(Cl)C(=O)O. The second-order valence-electron chi connectivity index (χ2n) is 6.77. The van der Waals surface area contributed by atoms with Gasteiger partial charge in [-0.05, 0) is 16.7 Å². The summed E-state index contributed by atoms with van der Waals surface area (Å²) in [5, 5.41) is 19.7. The highest BCUT2D eigenvalue weighted by Gasteiger charge is 2.82. The lowest BCUT2D eigenvalue weighted by atomic mass is 9.45. The van der Waals surface area contributed by atoms with Crippen LogP contribution in [0.15, 0.2) is 48.5 Å². The normalized spacial score (nSPS) is 30.1. The fourth-order valence-corrected chi connectivity index (χ4v) is 5.14. The van der Waals surface area contributed by atoms with Gasteiger partial charge in [0.2, 0.25) is 0 Å². The van der Waals surface area contributed by atoms with Gasteiger partial charge in [-0.25, -0.2) is 0 Å². The van der Waals surface area contributed by atoms with Gasteiger partial charge >= 0.3 is 17.9 Å². The first-order chi connectivity index (χ1) is 12.8. The maximum Gasteiger partial charge on any atom is 0.330 e. The number of carbonyl (C=O) groups excluding carboxylic acids is 1. The molecule has 4 rings (SSSR count). The number of ether oxygens (including phenoxy) is 1. The van der Waals surface area contributed by atoms with E-state index in [-0.39, 0.29) is 0 Å². The lowest BCUT2D eigenvalue weighted by Crippen LogP contribution is -2.76. The Labute approximate surface area is 159 Å². The third-order valence-electron chi connectivity index (χ3n) is 5.54. The summed E-state index contributed by atoms with van der Waals surface area (Å²) in [6, 6.07) is 14.0. The molecule has 0 bridgehead atoms. The Bertz CT molecular complexity index is 1000. The fraction of sp³-hybridized carbons (Fsp3) is 0.250. The maximum absolute atomic E-state index is 12.2. The van der Waals surface area contributed by atoms with Crippen LogP contribution in [-0.4, -0.2) is 33.0 Å². The van der Waals surface area contributed by atoms with E-state index in [0.29, 0.717) is 16.7 Å². The van der Waals surface area contributed by atoms with Gasteiger partial charge in [0.05, 0.1) is 0 Å². The van der Waals surface area contributed by atoms with Crippen LogP contribution in [0, 0.1) is 5.92 Å². The number of carboxylic acids is 2. The van der Waals surface area contributed by atoms with E-state index in [9.17, 15) is 24.6 Å². The summed E-state index contributed by atoms with van der Waals surface area (Å²) >= 11 is 6.51. The lowest BCUT2D eigenvalue weighted by Gasteiger charge is -2.63. The molecule has 0 radical (unpaired) electrons. The minimum absolute atomic E-state index is 0.402. The zero-order chi connectivity index (χ0) is 19.6. The van der Waals surface area contributed by atoms with Crippen molar-refractivity contribution < 1.29 is 29.3 Å². The molecule has 1 saturated carbocycles. The average molecular weight is 387 g/mol. The number of carboxylic acid groups (broad SMARTS) is 2. The van der Waals surface area contributed by atoms with Crippen LogP contribution in [-0.2, 0) is 24.7 Å². The predicted octanol–water partition coefficient (Wildman–Crippen LogP) is 2.99. The summed E-state index contributed by atoms with van der Waals surface area (Å²) in [6.07, 6.45) is 0. The topological polar surface area (TPSA) is 101 Å². The molecule has 1 fully saturated rings. The third kappa shape index (κ3) is 1.93. The fourth-order valence-electron chi connectivity index (χ4n) is 4.67. The Balaban J connectivity index is 2.13. The van der Waals surface area contributed by atoms with Gasteiger partial charge in [0.25, 0.3) is 0 Å². The number of halogens is 1. The molecule has 0 aromatic heterocycles. The molecule has 2 aromatic rings. The number of hydrogen-bond donors (Lipinski definition) is 2. The van der Waals surface area contributed by atoms with Crippen molar-refractivity contribution in [1.82, 2.24) is 0 Å². The molecular formula is C20H15ClO6. The van der Waals surface area contributed by atoms with Crippen molar-refractivity contribution in [3.05, 3.63) is 59.7 Å². The first kappa shape index (κ1) is 17.5. The molecular weight excluding hydrogens is 372 g/mol. The van der Waals surface area contributed by atoms with Crippen molar-refractivity contribution in [2.24, 2.45) is 5.92 Å². The highest BCUT2D eigenvalue weighted by molar-refractivity contribution is 6.38. The Morgan fingerprint density at radius 1 is 1.00 bits per heavy atom. The van der Waals surface area contributed by atoms with Crippen LogP contribution in [0.25, 0.3) is 11.1 Å². The van der Waals surface area contributed by atoms with Crippen molar-refractivity contribution in [2.75, 3.05) is 0 Å². The molecule has 2 aliphatic rings. The molecule has 2 aliphatic carbocycles. The van der Waals surface area contributed by atoms with Crippen molar-refractivity contribution in [3.63, 3.8) is 0 Å². The summed E-state index contributed by atoms with van der Waals surface area (Å²) in [5.74, 6) is -6.01. The van der Waals surface area contributed by atoms with E-state index >= 15 is 0 Å². The smallest absolute Gasteiger partial charge is 0.330 e. The molecule has 2 aromatic carbocycles. The number of benzene rings is 2. The van der Waals surface area contributed by atoms with Gasteiger partial charge < -0.3 is 14.9 Å². The number of esters is 1. The number of fused-ring (bicyclic) bond motifs is 6. The van der Waals surface area contributed by atoms with Crippen LogP contribution in [0.2, 0.25) is 0 Å². The van der Waals surface area contributed by atoms with E-state index in [1.165, 1.54) is 0 Å². The monoisotopic (exact) mass is 386 g/mol. The van der Waals surface area contributed by atoms with Gasteiger partial charge in [-0.15, -0.1) is 11.6 Å². The number of aliphatic carboxylic acids is 2. The summed E-state index contributed by atoms with van der Waals surface area (Å²) < 4.78 is 5.60. The molecule has 0 amide bonds. The summed E-state index contributed by atoms with van der Waals surface area (Å²) in [7, 11) is 0. The van der Waals surface area contributed by atoms with Gasteiger partial charge in [-0.3, -0.25) is 14.4 Å². The predicted molar refractivity (Wildman–Crippen MR) is 95.4 cm³/mol. The molecule has 0 spiro atoms. The van der Waals surface area contributed by atoms with Crippen LogP contribution in [0.4, 0.5) is 0 Å². The molecule has 2 N–H and O–H groups in total. The average Bonchev–Trinajstić information content (AvgIpc) is 2.62. The Hall–Kier alpha value is -2.86. The maximum atomic E-state index is 12.2. The Morgan fingerprint density at radius 3 is 2.19 bits per heavy atom. The zero-order valence-corrected chi connectivity index (χ0v) is 14.9. The van der Waals surface area contributed by atoms with Crippen LogP contribution in [0.1, 0.15) is 24.0 Å². The molecule has 4 atom stereocenters. The van der Waals surface area contributed by atoms with Crippen LogP contribution in [0.5, 0.6) is 0 Å². The van der Waals surface area contributed by atoms with E-state index < -0.39 is 40.2 Å². The molecule has 138 valence electrons. The van der Waals surface area contributed by atoms with E-state index in [1.807, 2.05) is 12.1 Å². The first-order valence-corrected chi connectivity index (χ1v) is 8.68. The minimum Gasteiger partial charge on any atom is -0.481 e. The molecule has 0 unspecified atom stereocenters. The highest BCUT2D eigenvalue weighted by atomic mass is 35.5. The zero-order valence-electron chi connectivity index (χ0n) is 14.2. The summed E-state index contributed by atoms with van der Waals surface area (Å²) in [4.78, 5) is 33.9. The quantitative estimate of drug-likeness (QED) is 0.621. The van der Waals surface area contributed by atoms with Gasteiger partial charge in [-0.1, -0.05) is 48.5 Å². The lowest BCUT2D eigenvalue weighted by molar-refractivity contribution is -0.215. The number of hydrogen-bond acceptors (Lipinski definition) is 4. The second kappa shape index (κ2) is 5.57. The van der Waals surface area contributed by atoms with E-state index in [1.54, 1.807) is 36.4 Å². The van der Waals surface area contributed by atoms with Crippen molar-refractivity contribution in [2.45, 2.75) is 23.3 Å². The minimum atomic E-state index is -2.33. The number of alkyl halides is 1. The summed E-state index contributed by atoms with van der Waals surface area (Å²) in [6.45, 7) is 1.15. The van der Waals surface area contributed by atoms with Gasteiger partial charge in [0.15, 0.2) is 10.5 Å². The first-order valence-electron chi connectivity index (χ1n) is 8.30. The van der Waals surface area contributed by atoms with Gasteiger partial charge in [0, 0.05) is 18.4 Å². The molecule has 0 saturated heterocycles. The molecule has 6 nitrogen and oxygen atoms in total. The highest BCUT2D eigenvalue weighted by Crippen LogP contribution is 2.72. The standard InChI is InChI=1S/C20H15ClO6/c1-10(22)27-20-14-9-5-4-7-12(14)11-6-2-3-8-13(11)15(20)16(17(23)24)19(20,21)18(25)26/h2-9,15-16H,1H3,(H,23,24)(H,25,26)/t15-,16-,19+,20-/m1/s1. The van der Waals surface area contributed by atoms with Crippen molar-refractivity contribution in [1.29, 1.82) is 0 Å². The van der Waals surface area contributed by atoms with E-state index in [0.717, 1.165) is 12.5 Å². The van der Waals surface area contributed by atoms with E-state index in [4.69, 9.17) is 16.3 Å². The molecule has 0 heterocycles. The Morgan fingerprint density at radius 2 is 1.59 bits per heavy atom. The number of carbonyl (C=O) groups is 3. The number of rotatable bonds is 3.